The van der Waals surface area contributed by atoms with Gasteiger partial charge < -0.3 is 23.7 Å². The molecule has 0 aliphatic carbocycles. The van der Waals surface area contributed by atoms with Gasteiger partial charge in [0.15, 0.2) is 6.61 Å². The molecule has 264 valence electrons. The van der Waals surface area contributed by atoms with Gasteiger partial charge in [-0.2, -0.15) is 0 Å². The highest BCUT2D eigenvalue weighted by Crippen LogP contribution is 2.71. The number of carbonyl (C=O) groups excluding carboxylic acids is 5. The van der Waals surface area contributed by atoms with Gasteiger partial charge in [0.1, 0.15) is 24.5 Å². The highest BCUT2D eigenvalue weighted by Gasteiger charge is 2.61. The molecule has 0 bridgehead atoms. The first-order chi connectivity index (χ1) is 24.3. The van der Waals surface area contributed by atoms with Crippen LogP contribution in [0.1, 0.15) is 25.0 Å². The molecule has 11 nitrogen and oxygen atoms in total. The minimum Gasteiger partial charge on any atom is -0.484 e. The standard InChI is InChI=1S/C37H33NO10S3/c1-19-12-15-24-23(16-19)26-31(36(2,3)38(24)25(39)18-48-22-14-13-20-10-8-9-11-21(20)17-22)49-28(33(41)45-5)27(32(40)44-4)37(26)50-29(34(42)46-6)30(51-37)35(43)47-7/h8-17H,18H2,1-7H3. The molecule has 3 aliphatic rings. The summed E-state index contributed by atoms with van der Waals surface area (Å²) >= 11 is 2.73. The number of benzene rings is 3. The van der Waals surface area contributed by atoms with Crippen LogP contribution < -0.4 is 9.64 Å². The van der Waals surface area contributed by atoms with Gasteiger partial charge in [0.25, 0.3) is 5.91 Å². The summed E-state index contributed by atoms with van der Waals surface area (Å²) in [5.41, 5.74) is 1.04. The van der Waals surface area contributed by atoms with Crippen LogP contribution in [0.2, 0.25) is 0 Å². The van der Waals surface area contributed by atoms with Crippen molar-refractivity contribution in [3.63, 3.8) is 0 Å². The molecule has 0 fully saturated rings. The van der Waals surface area contributed by atoms with Crippen molar-refractivity contribution >= 4 is 87.1 Å². The van der Waals surface area contributed by atoms with E-state index in [4.69, 9.17) is 23.7 Å². The SMILES string of the molecule is COC(=O)C1=C(C(=O)OC)SC2(S1)C(C(=O)OC)=C(C(=O)OC)SC1=C2c2cc(C)ccc2N(C(=O)COc2ccc3ccccc3c2)C1(C)C. The van der Waals surface area contributed by atoms with Crippen molar-refractivity contribution in [2.24, 2.45) is 0 Å². The Morgan fingerprint density at radius 3 is 1.90 bits per heavy atom. The molecule has 3 aromatic rings. The fourth-order valence-corrected chi connectivity index (χ4v) is 11.4. The summed E-state index contributed by atoms with van der Waals surface area (Å²) in [4.78, 5) is 70.1. The van der Waals surface area contributed by atoms with E-state index in [-0.39, 0.29) is 32.8 Å². The van der Waals surface area contributed by atoms with Gasteiger partial charge in [-0.3, -0.25) is 9.69 Å². The number of esters is 4. The van der Waals surface area contributed by atoms with Crippen LogP contribution in [0.15, 0.2) is 85.9 Å². The number of carbonyl (C=O) groups is 5. The second-order valence-corrected chi connectivity index (χ2v) is 15.8. The van der Waals surface area contributed by atoms with Crippen LogP contribution >= 0.6 is 35.3 Å². The molecule has 0 radical (unpaired) electrons. The number of amides is 1. The zero-order valence-corrected chi connectivity index (χ0v) is 31.2. The maximum atomic E-state index is 14.4. The maximum absolute atomic E-state index is 14.4. The van der Waals surface area contributed by atoms with Crippen molar-refractivity contribution in [1.29, 1.82) is 0 Å². The van der Waals surface area contributed by atoms with Crippen molar-refractivity contribution < 1.29 is 47.7 Å². The summed E-state index contributed by atoms with van der Waals surface area (Å²) in [6.45, 7) is 5.20. The summed E-state index contributed by atoms with van der Waals surface area (Å²) in [6.07, 6.45) is 0. The normalized spacial score (nSPS) is 17.2. The first-order valence-electron chi connectivity index (χ1n) is 15.5. The van der Waals surface area contributed by atoms with E-state index in [9.17, 15) is 24.0 Å². The van der Waals surface area contributed by atoms with Crippen LogP contribution in [0.3, 0.4) is 0 Å². The van der Waals surface area contributed by atoms with Gasteiger partial charge in [-0.15, -0.1) is 0 Å². The summed E-state index contributed by atoms with van der Waals surface area (Å²) in [6, 6.07) is 18.9. The van der Waals surface area contributed by atoms with Gasteiger partial charge in [0, 0.05) is 16.0 Å². The number of anilines is 1. The maximum Gasteiger partial charge on any atom is 0.345 e. The third-order valence-corrected chi connectivity index (χ3v) is 13.3. The average Bonchev–Trinajstić information content (AvgIpc) is 3.52. The fourth-order valence-electron chi connectivity index (χ4n) is 6.34. The molecular weight excluding hydrogens is 715 g/mol. The van der Waals surface area contributed by atoms with Crippen LogP contribution in [-0.2, 0) is 42.9 Å². The predicted octanol–water partition coefficient (Wildman–Crippen LogP) is 6.14. The van der Waals surface area contributed by atoms with E-state index >= 15 is 0 Å². The lowest BCUT2D eigenvalue weighted by Gasteiger charge is -2.50. The Kier molecular flexibility index (Phi) is 9.79. The van der Waals surface area contributed by atoms with E-state index in [0.717, 1.165) is 51.6 Å². The lowest BCUT2D eigenvalue weighted by Crippen LogP contribution is -2.55. The van der Waals surface area contributed by atoms with Gasteiger partial charge in [-0.05, 0) is 55.8 Å². The molecule has 0 saturated heterocycles. The first kappa shape index (κ1) is 36.1. The molecule has 6 rings (SSSR count). The number of ether oxygens (including phenoxy) is 5. The second kappa shape index (κ2) is 13.8. The van der Waals surface area contributed by atoms with Gasteiger partial charge in [0.2, 0.25) is 0 Å². The third kappa shape index (κ3) is 5.98. The van der Waals surface area contributed by atoms with Crippen molar-refractivity contribution in [1.82, 2.24) is 0 Å². The van der Waals surface area contributed by atoms with Crippen molar-refractivity contribution in [2.75, 3.05) is 39.9 Å². The molecule has 1 spiro atoms. The number of nitrogens with zero attached hydrogens (tertiary/aromatic N) is 1. The van der Waals surface area contributed by atoms with Crippen molar-refractivity contribution in [2.45, 2.75) is 30.4 Å². The molecule has 51 heavy (non-hydrogen) atoms. The van der Waals surface area contributed by atoms with Gasteiger partial charge in [-0.1, -0.05) is 77.2 Å². The average molecular weight is 748 g/mol. The summed E-state index contributed by atoms with van der Waals surface area (Å²) in [5, 5.41) is 1.99. The Bertz CT molecular complexity index is 2110. The monoisotopic (exact) mass is 747 g/mol. The zero-order chi connectivity index (χ0) is 36.8. The van der Waals surface area contributed by atoms with Crippen LogP contribution in [0, 0.1) is 6.92 Å². The molecule has 14 heteroatoms. The van der Waals surface area contributed by atoms with Crippen LogP contribution in [-0.4, -0.2) is 74.4 Å². The third-order valence-electron chi connectivity index (χ3n) is 8.63. The Morgan fingerprint density at radius 2 is 1.29 bits per heavy atom. The molecule has 0 atom stereocenters. The number of methoxy groups -OCH3 is 4. The number of thioether (sulfide) groups is 3. The molecule has 1 amide bonds. The minimum atomic E-state index is -1.67. The van der Waals surface area contributed by atoms with Crippen molar-refractivity contribution in [3.8, 4) is 5.75 Å². The molecule has 3 aliphatic heterocycles. The molecule has 0 N–H and O–H groups in total. The Hall–Kier alpha value is -4.66. The quantitative estimate of drug-likeness (QED) is 0.202. The smallest absolute Gasteiger partial charge is 0.345 e. The molecule has 0 unspecified atom stereocenters. The van der Waals surface area contributed by atoms with Crippen LogP contribution in [0.25, 0.3) is 16.3 Å². The Morgan fingerprint density at radius 1 is 0.706 bits per heavy atom. The van der Waals surface area contributed by atoms with Crippen LogP contribution in [0.4, 0.5) is 5.69 Å². The van der Waals surface area contributed by atoms with E-state index in [1.54, 1.807) is 17.0 Å². The zero-order valence-electron chi connectivity index (χ0n) is 28.7. The Labute approximate surface area is 306 Å². The van der Waals surface area contributed by atoms with E-state index in [0.29, 0.717) is 27.5 Å². The highest BCUT2D eigenvalue weighted by atomic mass is 32.2. The summed E-state index contributed by atoms with van der Waals surface area (Å²) in [7, 11) is 4.69. The Balaban J connectivity index is 1.55. The minimum absolute atomic E-state index is 0.118. The van der Waals surface area contributed by atoms with E-state index in [1.807, 2.05) is 69.3 Å². The fraction of sp³-hybridized carbons (Fsp3) is 0.270. The van der Waals surface area contributed by atoms with Gasteiger partial charge in [0.05, 0.1) is 45.2 Å². The van der Waals surface area contributed by atoms with E-state index in [2.05, 4.69) is 0 Å². The largest absolute Gasteiger partial charge is 0.484 e. The number of hydrogen-bond acceptors (Lipinski definition) is 13. The molecular formula is C37H33NO10S3. The molecule has 3 heterocycles. The number of rotatable bonds is 7. The topological polar surface area (TPSA) is 135 Å². The highest BCUT2D eigenvalue weighted by molar-refractivity contribution is 8.26. The number of fused-ring (bicyclic) bond motifs is 4. The van der Waals surface area contributed by atoms with E-state index < -0.39 is 33.5 Å². The number of hydrogen-bond donors (Lipinski definition) is 0. The second-order valence-electron chi connectivity index (χ2n) is 12.1. The number of aryl methyl sites for hydroxylation is 1. The predicted molar refractivity (Wildman–Crippen MR) is 197 cm³/mol. The van der Waals surface area contributed by atoms with Crippen LogP contribution in [0.5, 0.6) is 5.75 Å². The molecule has 3 aromatic carbocycles. The lowest BCUT2D eigenvalue weighted by atomic mass is 9.83. The van der Waals surface area contributed by atoms with Gasteiger partial charge >= 0.3 is 23.9 Å². The summed E-state index contributed by atoms with van der Waals surface area (Å²) in [5.74, 6) is -3.26. The summed E-state index contributed by atoms with van der Waals surface area (Å²) < 4.78 is 24.9. The lowest BCUT2D eigenvalue weighted by molar-refractivity contribution is -0.138. The first-order valence-corrected chi connectivity index (χ1v) is 18.0. The van der Waals surface area contributed by atoms with E-state index in [1.165, 1.54) is 28.4 Å². The molecule has 0 aromatic heterocycles. The molecule has 0 saturated carbocycles. The van der Waals surface area contributed by atoms with Gasteiger partial charge in [-0.25, -0.2) is 19.2 Å². The van der Waals surface area contributed by atoms with Crippen molar-refractivity contribution in [3.05, 3.63) is 97.0 Å².